The molecule has 0 aliphatic heterocycles. The fourth-order valence-corrected chi connectivity index (χ4v) is 3.86. The molecule has 0 atom stereocenters. The van der Waals surface area contributed by atoms with E-state index in [-0.39, 0.29) is 12.2 Å². The summed E-state index contributed by atoms with van der Waals surface area (Å²) >= 11 is 3.41. The molecule has 2 N–H and O–H groups in total. The van der Waals surface area contributed by atoms with Gasteiger partial charge in [0.2, 0.25) is 0 Å². The largest absolute Gasteiger partial charge is 0.483 e. The summed E-state index contributed by atoms with van der Waals surface area (Å²) in [6.45, 7) is 1.76. The van der Waals surface area contributed by atoms with E-state index in [1.165, 1.54) is 4.68 Å². The van der Waals surface area contributed by atoms with Crippen molar-refractivity contribution in [3.8, 4) is 5.75 Å². The van der Waals surface area contributed by atoms with Crippen LogP contribution >= 0.6 is 15.9 Å². The van der Waals surface area contributed by atoms with Crippen molar-refractivity contribution in [3.05, 3.63) is 80.8 Å². The summed E-state index contributed by atoms with van der Waals surface area (Å²) in [5, 5.41) is 6.84. The van der Waals surface area contributed by atoms with Crippen molar-refractivity contribution in [3.63, 3.8) is 0 Å². The highest BCUT2D eigenvalue weighted by atomic mass is 79.9. The van der Waals surface area contributed by atoms with Crippen LogP contribution in [0.5, 0.6) is 5.75 Å². The van der Waals surface area contributed by atoms with Crippen LogP contribution < -0.4 is 16.0 Å². The molecule has 0 spiro atoms. The Morgan fingerprint density at radius 2 is 2.00 bits per heavy atom. The lowest BCUT2D eigenvalue weighted by Crippen LogP contribution is -2.22. The summed E-state index contributed by atoms with van der Waals surface area (Å²) in [6.07, 6.45) is 2.98. The molecular weight excluding hydrogens is 472 g/mol. The molecule has 0 aliphatic rings. The molecule has 162 valence electrons. The minimum absolute atomic E-state index is 0.254. The number of fused-ring (bicyclic) bond motifs is 2. The fraction of sp³-hybridized carbons (Fsp3) is 0.167. The Hall–Kier alpha value is -3.52. The van der Waals surface area contributed by atoms with E-state index in [4.69, 9.17) is 10.5 Å². The van der Waals surface area contributed by atoms with Crippen molar-refractivity contribution in [2.45, 2.75) is 19.8 Å². The molecule has 0 bridgehead atoms. The van der Waals surface area contributed by atoms with Crippen molar-refractivity contribution in [2.75, 3.05) is 6.61 Å². The van der Waals surface area contributed by atoms with E-state index >= 15 is 0 Å². The third-order valence-electron chi connectivity index (χ3n) is 4.95. The zero-order valence-corrected chi connectivity index (χ0v) is 19.0. The van der Waals surface area contributed by atoms with E-state index in [1.54, 1.807) is 18.3 Å². The van der Waals surface area contributed by atoms with E-state index in [9.17, 15) is 9.59 Å². The van der Waals surface area contributed by atoms with Gasteiger partial charge in [-0.2, -0.15) is 9.78 Å². The van der Waals surface area contributed by atoms with Crippen molar-refractivity contribution in [1.82, 2.24) is 9.66 Å². The van der Waals surface area contributed by atoms with Gasteiger partial charge in [0, 0.05) is 16.5 Å². The van der Waals surface area contributed by atoms with Crippen molar-refractivity contribution in [1.29, 1.82) is 0 Å². The van der Waals surface area contributed by atoms with Crippen LogP contribution in [0.25, 0.3) is 21.7 Å². The second kappa shape index (κ2) is 9.32. The number of hydrogen-bond acceptors (Lipinski definition) is 5. The van der Waals surface area contributed by atoms with Gasteiger partial charge in [-0.05, 0) is 41.5 Å². The summed E-state index contributed by atoms with van der Waals surface area (Å²) in [5.41, 5.74) is 6.27. The number of aryl methyl sites for hydroxylation is 1. The Morgan fingerprint density at radius 1 is 1.19 bits per heavy atom. The second-order valence-corrected chi connectivity index (χ2v) is 8.17. The highest BCUT2D eigenvalue weighted by Crippen LogP contribution is 2.27. The van der Waals surface area contributed by atoms with Crippen molar-refractivity contribution in [2.24, 2.45) is 10.8 Å². The van der Waals surface area contributed by atoms with E-state index in [2.05, 4.69) is 26.0 Å². The molecule has 4 aromatic rings. The Kier molecular flexibility index (Phi) is 6.32. The van der Waals surface area contributed by atoms with Crippen LogP contribution in [0.3, 0.4) is 0 Å². The number of ether oxygens (including phenoxy) is 1. The Bertz CT molecular complexity index is 1410. The van der Waals surface area contributed by atoms with Crippen LogP contribution in [0.2, 0.25) is 0 Å². The minimum Gasteiger partial charge on any atom is -0.483 e. The number of halogens is 1. The zero-order valence-electron chi connectivity index (χ0n) is 17.4. The van der Waals surface area contributed by atoms with Crippen LogP contribution in [0.4, 0.5) is 0 Å². The average Bonchev–Trinajstić information content (AvgIpc) is 2.78. The Labute approximate surface area is 192 Å². The first-order valence-corrected chi connectivity index (χ1v) is 11.0. The monoisotopic (exact) mass is 492 g/mol. The highest BCUT2D eigenvalue weighted by molar-refractivity contribution is 9.10. The molecule has 7 nitrogen and oxygen atoms in total. The first-order valence-electron chi connectivity index (χ1n) is 10.2. The summed E-state index contributed by atoms with van der Waals surface area (Å²) in [5.74, 6) is 0.447. The summed E-state index contributed by atoms with van der Waals surface area (Å²) in [7, 11) is 0. The number of amides is 1. The van der Waals surface area contributed by atoms with Gasteiger partial charge < -0.3 is 10.5 Å². The van der Waals surface area contributed by atoms with Gasteiger partial charge in [-0.3, -0.25) is 9.59 Å². The van der Waals surface area contributed by atoms with Gasteiger partial charge in [-0.25, -0.2) is 4.98 Å². The van der Waals surface area contributed by atoms with Gasteiger partial charge >= 0.3 is 0 Å². The number of carbonyl (C=O) groups excluding carboxylic acids is 1. The first-order chi connectivity index (χ1) is 15.5. The number of nitrogens with zero attached hydrogens (tertiary/aromatic N) is 3. The molecule has 3 aromatic carbocycles. The highest BCUT2D eigenvalue weighted by Gasteiger charge is 2.12. The molecule has 1 amide bonds. The lowest BCUT2D eigenvalue weighted by atomic mass is 10.0. The van der Waals surface area contributed by atoms with Crippen LogP contribution in [-0.4, -0.2) is 28.4 Å². The third kappa shape index (κ3) is 4.40. The maximum Gasteiger partial charge on any atom is 0.282 e. The van der Waals surface area contributed by atoms with Crippen LogP contribution in [0.15, 0.2) is 69.0 Å². The van der Waals surface area contributed by atoms with Gasteiger partial charge in [0.15, 0.2) is 6.61 Å². The quantitative estimate of drug-likeness (QED) is 0.393. The van der Waals surface area contributed by atoms with Gasteiger partial charge in [-0.1, -0.05) is 53.2 Å². The number of carbonyl (C=O) groups is 1. The van der Waals surface area contributed by atoms with E-state index in [1.807, 2.05) is 49.4 Å². The molecule has 8 heteroatoms. The van der Waals surface area contributed by atoms with E-state index in [0.717, 1.165) is 21.7 Å². The zero-order chi connectivity index (χ0) is 22.7. The molecule has 0 fully saturated rings. The predicted octanol–water partition coefficient (Wildman–Crippen LogP) is 4.01. The van der Waals surface area contributed by atoms with E-state index < -0.39 is 5.91 Å². The third-order valence-corrected chi connectivity index (χ3v) is 5.45. The fourth-order valence-electron chi connectivity index (χ4n) is 3.50. The molecular formula is C24H21BrN4O3. The van der Waals surface area contributed by atoms with Crippen molar-refractivity contribution < 1.29 is 9.53 Å². The molecule has 0 aliphatic carbocycles. The average molecular weight is 493 g/mol. The molecule has 0 saturated heterocycles. The van der Waals surface area contributed by atoms with E-state index in [0.29, 0.717) is 34.5 Å². The SMILES string of the molecule is CCCc1nc2ccc(Br)cc2c(=O)n1N=Cc1c(OCC(N)=O)ccc2ccccc12. The van der Waals surface area contributed by atoms with Crippen LogP contribution in [0.1, 0.15) is 24.7 Å². The topological polar surface area (TPSA) is 99.6 Å². The van der Waals surface area contributed by atoms with Crippen molar-refractivity contribution >= 4 is 49.7 Å². The molecule has 0 saturated carbocycles. The summed E-state index contributed by atoms with van der Waals surface area (Å²) in [6, 6.07) is 16.8. The number of rotatable bonds is 7. The van der Waals surface area contributed by atoms with Crippen LogP contribution in [-0.2, 0) is 11.2 Å². The number of primary amides is 1. The maximum absolute atomic E-state index is 13.3. The predicted molar refractivity (Wildman–Crippen MR) is 129 cm³/mol. The summed E-state index contributed by atoms with van der Waals surface area (Å²) < 4.78 is 7.74. The Balaban J connectivity index is 1.89. The molecule has 0 radical (unpaired) electrons. The molecule has 0 unspecified atom stereocenters. The molecule has 1 heterocycles. The second-order valence-electron chi connectivity index (χ2n) is 7.25. The standard InChI is InChI=1S/C24H21BrN4O3/c1-2-5-23-28-20-10-9-16(25)12-18(20)24(31)29(23)27-13-19-17-7-4-3-6-15(17)8-11-21(19)32-14-22(26)30/h3-4,6-13H,2,5,14H2,1H3,(H2,26,30). The lowest BCUT2D eigenvalue weighted by molar-refractivity contribution is -0.119. The lowest BCUT2D eigenvalue weighted by Gasteiger charge is -2.12. The maximum atomic E-state index is 13.3. The molecule has 4 rings (SSSR count). The number of nitrogens with two attached hydrogens (primary N) is 1. The van der Waals surface area contributed by atoms with Gasteiger partial charge in [0.1, 0.15) is 11.6 Å². The van der Waals surface area contributed by atoms with Crippen LogP contribution in [0, 0.1) is 0 Å². The summed E-state index contributed by atoms with van der Waals surface area (Å²) in [4.78, 5) is 29.2. The Morgan fingerprint density at radius 3 is 2.78 bits per heavy atom. The van der Waals surface area contributed by atoms with Gasteiger partial charge in [-0.15, -0.1) is 0 Å². The normalized spacial score (nSPS) is 11.4. The smallest absolute Gasteiger partial charge is 0.282 e. The molecule has 1 aromatic heterocycles. The minimum atomic E-state index is -0.577. The first kappa shape index (κ1) is 21.7. The molecule has 32 heavy (non-hydrogen) atoms. The number of benzene rings is 3. The number of aromatic nitrogens is 2. The number of hydrogen-bond donors (Lipinski definition) is 1. The van der Waals surface area contributed by atoms with Gasteiger partial charge in [0.05, 0.1) is 17.1 Å². The van der Waals surface area contributed by atoms with Gasteiger partial charge in [0.25, 0.3) is 11.5 Å².